The number of hydrogen-bond acceptors (Lipinski definition) is 2. The molecule has 0 fully saturated rings. The van der Waals surface area contributed by atoms with E-state index in [0.29, 0.717) is 0 Å². The molecule has 3 heteroatoms. The van der Waals surface area contributed by atoms with Gasteiger partial charge in [-0.15, -0.1) is 0 Å². The molecule has 3 rings (SSSR count). The maximum absolute atomic E-state index is 13.6. The van der Waals surface area contributed by atoms with Gasteiger partial charge >= 0.3 is 0 Å². The predicted molar refractivity (Wildman–Crippen MR) is 84.9 cm³/mol. The molecule has 0 bridgehead atoms. The molecule has 1 aromatic rings. The van der Waals surface area contributed by atoms with Crippen molar-refractivity contribution >= 4 is 5.57 Å². The van der Waals surface area contributed by atoms with Crippen molar-refractivity contribution in [2.24, 2.45) is 5.73 Å². The number of benzene rings is 1. The summed E-state index contributed by atoms with van der Waals surface area (Å²) < 4.78 is 13.6. The molecule has 108 valence electrons. The lowest BCUT2D eigenvalue weighted by atomic mass is 9.83. The smallest absolute Gasteiger partial charge is 0.123 e. The first-order valence-electron chi connectivity index (χ1n) is 7.20. The van der Waals surface area contributed by atoms with E-state index in [1.807, 2.05) is 25.3 Å². The van der Waals surface area contributed by atoms with Crippen molar-refractivity contribution in [3.05, 3.63) is 76.8 Å². The molecular weight excluding hydrogens is 263 g/mol. The van der Waals surface area contributed by atoms with E-state index in [1.165, 1.54) is 6.07 Å². The van der Waals surface area contributed by atoms with Crippen molar-refractivity contribution in [2.45, 2.75) is 18.9 Å². The van der Waals surface area contributed by atoms with Crippen LogP contribution in [0.5, 0.6) is 0 Å². The van der Waals surface area contributed by atoms with Crippen LogP contribution >= 0.6 is 0 Å². The normalized spacial score (nSPS) is 21.0. The van der Waals surface area contributed by atoms with Crippen LogP contribution in [-0.4, -0.2) is 7.05 Å². The van der Waals surface area contributed by atoms with Crippen LogP contribution in [0.1, 0.15) is 30.0 Å². The lowest BCUT2D eigenvalue weighted by Crippen LogP contribution is -2.20. The van der Waals surface area contributed by atoms with E-state index in [-0.39, 0.29) is 11.9 Å². The number of fused-ring (bicyclic) bond motifs is 1. The summed E-state index contributed by atoms with van der Waals surface area (Å²) in [5, 5.41) is 3.25. The minimum Gasteiger partial charge on any atom is -0.399 e. The van der Waals surface area contributed by atoms with Crippen molar-refractivity contribution in [3.63, 3.8) is 0 Å². The quantitative estimate of drug-likeness (QED) is 0.869. The van der Waals surface area contributed by atoms with Crippen LogP contribution in [0.25, 0.3) is 5.57 Å². The summed E-state index contributed by atoms with van der Waals surface area (Å²) in [5.74, 6) is -0.194. The molecular formula is C18H19FN2. The third-order valence-electron chi connectivity index (χ3n) is 4.01. The molecule has 0 saturated carbocycles. The Morgan fingerprint density at radius 3 is 2.95 bits per heavy atom. The Bertz CT molecular complexity index is 680. The van der Waals surface area contributed by atoms with E-state index in [2.05, 4.69) is 23.5 Å². The van der Waals surface area contributed by atoms with E-state index in [9.17, 15) is 4.39 Å². The summed E-state index contributed by atoms with van der Waals surface area (Å²) >= 11 is 0. The van der Waals surface area contributed by atoms with Crippen molar-refractivity contribution in [3.8, 4) is 0 Å². The lowest BCUT2D eigenvalue weighted by molar-refractivity contribution is 0.579. The van der Waals surface area contributed by atoms with Crippen molar-refractivity contribution in [1.29, 1.82) is 0 Å². The van der Waals surface area contributed by atoms with Gasteiger partial charge < -0.3 is 11.1 Å². The maximum Gasteiger partial charge on any atom is 0.123 e. The van der Waals surface area contributed by atoms with Gasteiger partial charge in [-0.25, -0.2) is 4.39 Å². The highest BCUT2D eigenvalue weighted by atomic mass is 19.1. The van der Waals surface area contributed by atoms with Gasteiger partial charge in [-0.3, -0.25) is 0 Å². The van der Waals surface area contributed by atoms with E-state index in [0.717, 1.165) is 40.8 Å². The Balaban J connectivity index is 2.10. The molecule has 0 spiro atoms. The second kappa shape index (κ2) is 5.70. The average molecular weight is 282 g/mol. The zero-order valence-corrected chi connectivity index (χ0v) is 12.1. The summed E-state index contributed by atoms with van der Waals surface area (Å²) in [4.78, 5) is 0. The third-order valence-corrected chi connectivity index (χ3v) is 4.01. The van der Waals surface area contributed by atoms with Crippen molar-refractivity contribution in [1.82, 2.24) is 5.32 Å². The minimum atomic E-state index is -0.194. The zero-order chi connectivity index (χ0) is 14.8. The monoisotopic (exact) mass is 282 g/mol. The molecule has 0 aromatic heterocycles. The molecule has 21 heavy (non-hydrogen) atoms. The van der Waals surface area contributed by atoms with Crippen LogP contribution in [0.2, 0.25) is 0 Å². The Hall–Kier alpha value is -2.13. The van der Waals surface area contributed by atoms with Gasteiger partial charge in [-0.1, -0.05) is 30.4 Å². The van der Waals surface area contributed by atoms with Crippen LogP contribution in [0.4, 0.5) is 4.39 Å². The molecule has 1 atom stereocenters. The molecule has 2 aliphatic carbocycles. The third kappa shape index (κ3) is 2.69. The molecule has 0 aliphatic heterocycles. The largest absolute Gasteiger partial charge is 0.399 e. The van der Waals surface area contributed by atoms with Crippen LogP contribution in [0, 0.1) is 5.82 Å². The minimum absolute atomic E-state index is 0.155. The summed E-state index contributed by atoms with van der Waals surface area (Å²) in [6, 6.07) is 5.16. The Kier molecular flexibility index (Phi) is 3.76. The standard InChI is InChI=1S/C18H19FN2/c1-21-18-9-8-15(12-4-2-3-5-14(20)10-12)16-7-6-13(19)11-17(16)18/h2,4-8,10-11,18,21H,3,9,20H2,1H3. The summed E-state index contributed by atoms with van der Waals surface area (Å²) in [6.07, 6.45) is 12.1. The summed E-state index contributed by atoms with van der Waals surface area (Å²) in [7, 11) is 1.91. The topological polar surface area (TPSA) is 38.0 Å². The highest BCUT2D eigenvalue weighted by molar-refractivity contribution is 5.85. The Morgan fingerprint density at radius 2 is 2.14 bits per heavy atom. The van der Waals surface area contributed by atoms with Crippen LogP contribution < -0.4 is 11.1 Å². The Morgan fingerprint density at radius 1 is 1.29 bits per heavy atom. The number of hydrogen-bond donors (Lipinski definition) is 2. The van der Waals surface area contributed by atoms with Gasteiger partial charge in [0, 0.05) is 11.7 Å². The predicted octanol–water partition coefficient (Wildman–Crippen LogP) is 3.60. The first kappa shape index (κ1) is 13.8. The molecule has 0 heterocycles. The molecule has 3 N–H and O–H groups in total. The average Bonchev–Trinajstić information content (AvgIpc) is 2.70. The summed E-state index contributed by atoms with van der Waals surface area (Å²) in [5.41, 5.74) is 11.1. The number of allylic oxidation sites excluding steroid dienone is 6. The fourth-order valence-electron chi connectivity index (χ4n) is 2.94. The van der Waals surface area contributed by atoms with Crippen LogP contribution in [0.3, 0.4) is 0 Å². The molecule has 1 aromatic carbocycles. The maximum atomic E-state index is 13.6. The van der Waals surface area contributed by atoms with Crippen LogP contribution in [0.15, 0.2) is 59.8 Å². The zero-order valence-electron chi connectivity index (χ0n) is 12.1. The SMILES string of the molecule is CNC1CC=C(C2=CC(N)=CCC=C2)c2ccc(F)cc21. The van der Waals surface area contributed by atoms with Gasteiger partial charge in [0.25, 0.3) is 0 Å². The molecule has 0 saturated heterocycles. The fourth-order valence-corrected chi connectivity index (χ4v) is 2.94. The number of nitrogens with one attached hydrogen (secondary N) is 1. The molecule has 2 aliphatic rings. The van der Waals surface area contributed by atoms with Gasteiger partial charge in [-0.2, -0.15) is 0 Å². The van der Waals surface area contributed by atoms with E-state index >= 15 is 0 Å². The molecule has 0 amide bonds. The Labute approximate surface area is 124 Å². The molecule has 2 nitrogen and oxygen atoms in total. The fraction of sp³-hybridized carbons (Fsp3) is 0.222. The van der Waals surface area contributed by atoms with E-state index < -0.39 is 0 Å². The van der Waals surface area contributed by atoms with Crippen molar-refractivity contribution in [2.75, 3.05) is 7.05 Å². The number of rotatable bonds is 2. The second-order valence-corrected chi connectivity index (χ2v) is 5.37. The van der Waals surface area contributed by atoms with E-state index in [4.69, 9.17) is 5.73 Å². The molecule has 1 unspecified atom stereocenters. The van der Waals surface area contributed by atoms with Gasteiger partial charge in [0.2, 0.25) is 0 Å². The highest BCUT2D eigenvalue weighted by Gasteiger charge is 2.22. The number of nitrogens with two attached hydrogens (primary N) is 1. The molecule has 0 radical (unpaired) electrons. The first-order valence-corrected chi connectivity index (χ1v) is 7.20. The second-order valence-electron chi connectivity index (χ2n) is 5.37. The van der Waals surface area contributed by atoms with Crippen molar-refractivity contribution < 1.29 is 4.39 Å². The highest BCUT2D eigenvalue weighted by Crippen LogP contribution is 2.37. The van der Waals surface area contributed by atoms with E-state index in [1.54, 1.807) is 6.07 Å². The number of halogens is 1. The van der Waals surface area contributed by atoms with Gasteiger partial charge in [0.05, 0.1) is 0 Å². The van der Waals surface area contributed by atoms with Crippen LogP contribution in [-0.2, 0) is 0 Å². The lowest BCUT2D eigenvalue weighted by Gasteiger charge is -2.26. The summed E-state index contributed by atoms with van der Waals surface area (Å²) in [6.45, 7) is 0. The van der Waals surface area contributed by atoms with Gasteiger partial charge in [0.1, 0.15) is 5.82 Å². The first-order chi connectivity index (χ1) is 10.2. The van der Waals surface area contributed by atoms with Gasteiger partial charge in [-0.05, 0) is 60.4 Å². The van der Waals surface area contributed by atoms with Gasteiger partial charge in [0.15, 0.2) is 0 Å².